The lowest BCUT2D eigenvalue weighted by molar-refractivity contribution is -0.141. The fourth-order valence-electron chi connectivity index (χ4n) is 3.20. The number of carboxylic acid groups (broad SMARTS) is 1. The van der Waals surface area contributed by atoms with E-state index in [4.69, 9.17) is 9.84 Å². The minimum Gasteiger partial charge on any atom is -0.481 e. The van der Waals surface area contributed by atoms with Crippen molar-refractivity contribution in [2.24, 2.45) is 17.8 Å². The van der Waals surface area contributed by atoms with Crippen molar-refractivity contribution in [3.05, 3.63) is 0 Å². The van der Waals surface area contributed by atoms with Crippen LogP contribution in [0.3, 0.4) is 0 Å². The third kappa shape index (κ3) is 3.47. The second-order valence-electron chi connectivity index (χ2n) is 5.66. The standard InChI is InChI=1S/C14H23NO4/c1-2-12-11(5-6-19-12)8-15-13(16)9-3-4-10(7-9)14(17)18/h9-12H,2-8H2,1H3,(H,15,16)(H,17,18). The number of rotatable bonds is 5. The molecule has 5 nitrogen and oxygen atoms in total. The van der Waals surface area contributed by atoms with E-state index in [0.29, 0.717) is 31.7 Å². The van der Waals surface area contributed by atoms with Gasteiger partial charge in [-0.3, -0.25) is 9.59 Å². The maximum atomic E-state index is 12.0. The summed E-state index contributed by atoms with van der Waals surface area (Å²) in [7, 11) is 0. The number of amides is 1. The molecule has 2 fully saturated rings. The molecule has 2 N–H and O–H groups in total. The van der Waals surface area contributed by atoms with Crippen molar-refractivity contribution in [2.45, 2.75) is 45.1 Å². The Morgan fingerprint density at radius 2 is 2.00 bits per heavy atom. The van der Waals surface area contributed by atoms with Gasteiger partial charge in [-0.15, -0.1) is 0 Å². The van der Waals surface area contributed by atoms with Gasteiger partial charge in [-0.1, -0.05) is 6.92 Å². The van der Waals surface area contributed by atoms with Crippen LogP contribution in [0.2, 0.25) is 0 Å². The van der Waals surface area contributed by atoms with E-state index in [9.17, 15) is 9.59 Å². The molecule has 2 rings (SSSR count). The zero-order valence-electron chi connectivity index (χ0n) is 11.4. The molecule has 0 aromatic rings. The van der Waals surface area contributed by atoms with Gasteiger partial charge in [0, 0.05) is 25.0 Å². The van der Waals surface area contributed by atoms with Crippen LogP contribution >= 0.6 is 0 Å². The Morgan fingerprint density at radius 3 is 2.63 bits per heavy atom. The van der Waals surface area contributed by atoms with E-state index in [1.165, 1.54) is 0 Å². The van der Waals surface area contributed by atoms with Crippen LogP contribution < -0.4 is 5.32 Å². The van der Waals surface area contributed by atoms with E-state index in [1.807, 2.05) is 0 Å². The lowest BCUT2D eigenvalue weighted by atomic mass is 9.99. The Balaban J connectivity index is 1.74. The van der Waals surface area contributed by atoms with E-state index in [1.54, 1.807) is 0 Å². The van der Waals surface area contributed by atoms with Gasteiger partial charge in [0.1, 0.15) is 0 Å². The van der Waals surface area contributed by atoms with Crippen molar-refractivity contribution in [1.29, 1.82) is 0 Å². The first-order chi connectivity index (χ1) is 9.11. The van der Waals surface area contributed by atoms with Crippen LogP contribution in [-0.2, 0) is 14.3 Å². The third-order valence-electron chi connectivity index (χ3n) is 4.44. The molecule has 0 spiro atoms. The van der Waals surface area contributed by atoms with E-state index in [0.717, 1.165) is 19.4 Å². The first-order valence-electron chi connectivity index (χ1n) is 7.24. The summed E-state index contributed by atoms with van der Waals surface area (Å²) in [5, 5.41) is 11.9. The van der Waals surface area contributed by atoms with Crippen molar-refractivity contribution >= 4 is 11.9 Å². The molecule has 0 radical (unpaired) electrons. The molecule has 4 unspecified atom stereocenters. The van der Waals surface area contributed by atoms with Crippen LogP contribution in [0.1, 0.15) is 39.0 Å². The first-order valence-corrected chi connectivity index (χ1v) is 7.24. The number of nitrogens with one attached hydrogen (secondary N) is 1. The molecule has 1 amide bonds. The second-order valence-corrected chi connectivity index (χ2v) is 5.66. The van der Waals surface area contributed by atoms with E-state index < -0.39 is 5.97 Å². The molecular weight excluding hydrogens is 246 g/mol. The smallest absolute Gasteiger partial charge is 0.306 e. The minimum atomic E-state index is -0.773. The highest BCUT2D eigenvalue weighted by atomic mass is 16.5. The van der Waals surface area contributed by atoms with Gasteiger partial charge in [0.15, 0.2) is 0 Å². The topological polar surface area (TPSA) is 75.6 Å². The van der Waals surface area contributed by atoms with Gasteiger partial charge < -0.3 is 15.2 Å². The molecule has 4 atom stereocenters. The van der Waals surface area contributed by atoms with E-state index in [2.05, 4.69) is 12.2 Å². The minimum absolute atomic E-state index is 0.0190. The molecule has 0 aromatic carbocycles. The molecule has 1 saturated heterocycles. The Hall–Kier alpha value is -1.10. The van der Waals surface area contributed by atoms with Gasteiger partial charge in [-0.05, 0) is 32.1 Å². The SMILES string of the molecule is CCC1OCCC1CNC(=O)C1CCC(C(=O)O)C1. The fourth-order valence-corrected chi connectivity index (χ4v) is 3.20. The van der Waals surface area contributed by atoms with Crippen molar-refractivity contribution in [3.63, 3.8) is 0 Å². The Labute approximate surface area is 113 Å². The normalized spacial score (nSPS) is 34.4. The summed E-state index contributed by atoms with van der Waals surface area (Å²) in [5.74, 6) is -0.806. The molecule has 0 bridgehead atoms. The van der Waals surface area contributed by atoms with Crippen LogP contribution in [0.15, 0.2) is 0 Å². The Kier molecular flexibility index (Phi) is 4.80. The Bertz CT molecular complexity index is 344. The summed E-state index contributed by atoms with van der Waals surface area (Å²) < 4.78 is 5.59. The van der Waals surface area contributed by atoms with Gasteiger partial charge in [0.2, 0.25) is 5.91 Å². The largest absolute Gasteiger partial charge is 0.481 e. The summed E-state index contributed by atoms with van der Waals surface area (Å²) in [6.45, 7) is 3.54. The summed E-state index contributed by atoms with van der Waals surface area (Å²) >= 11 is 0. The van der Waals surface area contributed by atoms with Gasteiger partial charge in [0.05, 0.1) is 12.0 Å². The predicted molar refractivity (Wildman–Crippen MR) is 69.6 cm³/mol. The summed E-state index contributed by atoms with van der Waals surface area (Å²) in [6.07, 6.45) is 4.04. The number of hydrogen-bond acceptors (Lipinski definition) is 3. The van der Waals surface area contributed by atoms with Crippen molar-refractivity contribution in [1.82, 2.24) is 5.32 Å². The van der Waals surface area contributed by atoms with Crippen LogP contribution in [-0.4, -0.2) is 36.2 Å². The van der Waals surface area contributed by atoms with Crippen LogP contribution in [0.25, 0.3) is 0 Å². The molecule has 1 aliphatic heterocycles. The monoisotopic (exact) mass is 269 g/mol. The molecule has 0 aromatic heterocycles. The first kappa shape index (κ1) is 14.3. The molecule has 1 saturated carbocycles. The van der Waals surface area contributed by atoms with Gasteiger partial charge >= 0.3 is 5.97 Å². The third-order valence-corrected chi connectivity index (χ3v) is 4.44. The second kappa shape index (κ2) is 6.37. The van der Waals surface area contributed by atoms with Crippen molar-refractivity contribution in [3.8, 4) is 0 Å². The number of aliphatic carboxylic acids is 1. The molecule has 108 valence electrons. The highest BCUT2D eigenvalue weighted by Crippen LogP contribution is 2.31. The van der Waals surface area contributed by atoms with Crippen molar-refractivity contribution < 1.29 is 19.4 Å². The molecule has 19 heavy (non-hydrogen) atoms. The highest BCUT2D eigenvalue weighted by molar-refractivity contribution is 5.80. The van der Waals surface area contributed by atoms with Crippen LogP contribution in [0.4, 0.5) is 0 Å². The number of ether oxygens (including phenoxy) is 1. The average Bonchev–Trinajstić information content (AvgIpc) is 3.04. The predicted octanol–water partition coefficient (Wildman–Crippen LogP) is 1.42. The van der Waals surface area contributed by atoms with Crippen LogP contribution in [0, 0.1) is 17.8 Å². The average molecular weight is 269 g/mol. The molecule has 5 heteroatoms. The van der Waals surface area contributed by atoms with E-state index >= 15 is 0 Å². The van der Waals surface area contributed by atoms with Gasteiger partial charge in [-0.2, -0.15) is 0 Å². The number of carbonyl (C=O) groups is 2. The number of carbonyl (C=O) groups excluding carboxylic acids is 1. The van der Waals surface area contributed by atoms with E-state index in [-0.39, 0.29) is 23.8 Å². The fraction of sp³-hybridized carbons (Fsp3) is 0.857. The summed E-state index contributed by atoms with van der Waals surface area (Å²) in [5.41, 5.74) is 0. The van der Waals surface area contributed by atoms with Crippen molar-refractivity contribution in [2.75, 3.05) is 13.2 Å². The lowest BCUT2D eigenvalue weighted by Crippen LogP contribution is -2.36. The van der Waals surface area contributed by atoms with Gasteiger partial charge in [-0.25, -0.2) is 0 Å². The Morgan fingerprint density at radius 1 is 1.26 bits per heavy atom. The maximum Gasteiger partial charge on any atom is 0.306 e. The van der Waals surface area contributed by atoms with Gasteiger partial charge in [0.25, 0.3) is 0 Å². The zero-order chi connectivity index (χ0) is 13.8. The highest BCUT2D eigenvalue weighted by Gasteiger charge is 2.34. The molecule has 2 aliphatic rings. The quantitative estimate of drug-likeness (QED) is 0.791. The molecule has 1 heterocycles. The van der Waals surface area contributed by atoms with Crippen LogP contribution in [0.5, 0.6) is 0 Å². The molecule has 1 aliphatic carbocycles. The zero-order valence-corrected chi connectivity index (χ0v) is 11.4. The maximum absolute atomic E-state index is 12.0. The summed E-state index contributed by atoms with van der Waals surface area (Å²) in [6, 6.07) is 0. The number of carboxylic acids is 1. The molecular formula is C14H23NO4. The number of hydrogen-bond donors (Lipinski definition) is 2. The lowest BCUT2D eigenvalue weighted by Gasteiger charge is -2.18. The summed E-state index contributed by atoms with van der Waals surface area (Å²) in [4.78, 5) is 22.9.